The number of nitrogens with one attached hydrogen (secondary N) is 1. The predicted molar refractivity (Wildman–Crippen MR) is 92.7 cm³/mol. The Hall–Kier alpha value is -1.90. The van der Waals surface area contributed by atoms with Crippen molar-refractivity contribution in [2.75, 3.05) is 19.4 Å². The SMILES string of the molecule is Cc1nn(CC(=O)Nc2ccccc2Cl)c(C)c1S(=O)(=O)N(C)C. The molecule has 1 aromatic heterocycles. The van der Waals surface area contributed by atoms with Crippen LogP contribution >= 0.6 is 11.6 Å². The number of carbonyl (C=O) groups excluding carboxylic acids is 1. The van der Waals surface area contributed by atoms with Gasteiger partial charge in [0, 0.05) is 14.1 Å². The molecule has 0 aliphatic carbocycles. The molecule has 0 radical (unpaired) electrons. The standard InChI is InChI=1S/C15H19ClN4O3S/c1-10-15(24(22,23)19(3)4)11(2)20(18-10)9-14(21)17-13-8-6-5-7-12(13)16/h5-8H,9H2,1-4H3,(H,17,21). The monoisotopic (exact) mass is 370 g/mol. The van der Waals surface area contributed by atoms with Crippen molar-refractivity contribution in [1.82, 2.24) is 14.1 Å². The average molecular weight is 371 g/mol. The third-order valence-corrected chi connectivity index (χ3v) is 5.89. The summed E-state index contributed by atoms with van der Waals surface area (Å²) in [6.45, 7) is 3.12. The van der Waals surface area contributed by atoms with Crippen LogP contribution < -0.4 is 5.32 Å². The molecule has 0 spiro atoms. The molecule has 0 fully saturated rings. The van der Waals surface area contributed by atoms with Crippen LogP contribution in [-0.2, 0) is 21.4 Å². The molecule has 130 valence electrons. The van der Waals surface area contributed by atoms with Gasteiger partial charge in [-0.25, -0.2) is 12.7 Å². The Kier molecular flexibility index (Phi) is 5.32. The Morgan fingerprint density at radius 2 is 1.92 bits per heavy atom. The number of amides is 1. The Balaban J connectivity index is 2.26. The second-order valence-electron chi connectivity index (χ2n) is 5.47. The first kappa shape index (κ1) is 18.4. The van der Waals surface area contributed by atoms with Crippen LogP contribution in [0.4, 0.5) is 5.69 Å². The molecule has 0 bridgehead atoms. The highest BCUT2D eigenvalue weighted by Crippen LogP contribution is 2.23. The molecule has 1 heterocycles. The maximum absolute atomic E-state index is 12.4. The number of aromatic nitrogens is 2. The van der Waals surface area contributed by atoms with Gasteiger partial charge >= 0.3 is 0 Å². The largest absolute Gasteiger partial charge is 0.323 e. The Morgan fingerprint density at radius 1 is 1.29 bits per heavy atom. The highest BCUT2D eigenvalue weighted by Gasteiger charge is 2.27. The van der Waals surface area contributed by atoms with Crippen LogP contribution in [0, 0.1) is 13.8 Å². The summed E-state index contributed by atoms with van der Waals surface area (Å²) in [7, 11) is -0.714. The van der Waals surface area contributed by atoms with E-state index in [2.05, 4.69) is 10.4 Å². The fraction of sp³-hybridized carbons (Fsp3) is 0.333. The second-order valence-corrected chi connectivity index (χ2v) is 7.97. The molecule has 2 rings (SSSR count). The minimum absolute atomic E-state index is 0.110. The van der Waals surface area contributed by atoms with Gasteiger partial charge in [-0.15, -0.1) is 0 Å². The summed E-state index contributed by atoms with van der Waals surface area (Å²) in [4.78, 5) is 12.3. The summed E-state index contributed by atoms with van der Waals surface area (Å²) in [5, 5.41) is 7.29. The number of nitrogens with zero attached hydrogens (tertiary/aromatic N) is 3. The zero-order chi connectivity index (χ0) is 18.1. The van der Waals surface area contributed by atoms with Crippen LogP contribution in [0.3, 0.4) is 0 Å². The molecular weight excluding hydrogens is 352 g/mol. The van der Waals surface area contributed by atoms with Crippen molar-refractivity contribution in [3.8, 4) is 0 Å². The van der Waals surface area contributed by atoms with Gasteiger partial charge in [0.2, 0.25) is 15.9 Å². The number of benzene rings is 1. The maximum atomic E-state index is 12.4. The number of anilines is 1. The number of hydrogen-bond acceptors (Lipinski definition) is 4. The lowest BCUT2D eigenvalue weighted by Gasteiger charge is -2.12. The van der Waals surface area contributed by atoms with Gasteiger partial charge in [-0.1, -0.05) is 23.7 Å². The van der Waals surface area contributed by atoms with Crippen molar-refractivity contribution in [3.05, 3.63) is 40.7 Å². The zero-order valence-electron chi connectivity index (χ0n) is 13.9. The van der Waals surface area contributed by atoms with Crippen molar-refractivity contribution in [3.63, 3.8) is 0 Å². The second kappa shape index (κ2) is 6.92. The lowest BCUT2D eigenvalue weighted by atomic mass is 10.3. The summed E-state index contributed by atoms with van der Waals surface area (Å²) in [5.74, 6) is -0.345. The van der Waals surface area contributed by atoms with E-state index >= 15 is 0 Å². The third kappa shape index (κ3) is 3.61. The molecule has 9 heteroatoms. The molecule has 0 saturated carbocycles. The Morgan fingerprint density at radius 3 is 2.50 bits per heavy atom. The van der Waals surface area contributed by atoms with E-state index in [0.717, 1.165) is 4.31 Å². The number of aryl methyl sites for hydroxylation is 1. The first-order chi connectivity index (χ1) is 11.1. The number of carbonyl (C=O) groups is 1. The highest BCUT2D eigenvalue weighted by molar-refractivity contribution is 7.89. The number of hydrogen-bond donors (Lipinski definition) is 1. The minimum Gasteiger partial charge on any atom is -0.323 e. The highest BCUT2D eigenvalue weighted by atomic mass is 35.5. The Labute approximate surface area is 146 Å². The van der Waals surface area contributed by atoms with Crippen LogP contribution in [0.25, 0.3) is 0 Å². The first-order valence-electron chi connectivity index (χ1n) is 7.15. The molecule has 1 N–H and O–H groups in total. The van der Waals surface area contributed by atoms with Crippen LogP contribution in [0.2, 0.25) is 5.02 Å². The average Bonchev–Trinajstić information content (AvgIpc) is 2.76. The van der Waals surface area contributed by atoms with Gasteiger partial charge in [0.15, 0.2) is 0 Å². The summed E-state index contributed by atoms with van der Waals surface area (Å²) in [6, 6.07) is 6.87. The first-order valence-corrected chi connectivity index (χ1v) is 8.97. The molecule has 0 aliphatic heterocycles. The van der Waals surface area contributed by atoms with Crippen molar-refractivity contribution in [2.24, 2.45) is 0 Å². The van der Waals surface area contributed by atoms with Gasteiger partial charge in [-0.05, 0) is 26.0 Å². The summed E-state index contributed by atoms with van der Waals surface area (Å²) >= 11 is 6.00. The molecule has 1 amide bonds. The lowest BCUT2D eigenvalue weighted by Crippen LogP contribution is -2.24. The normalized spacial score (nSPS) is 11.8. The minimum atomic E-state index is -3.62. The van der Waals surface area contributed by atoms with Crippen LogP contribution in [0.1, 0.15) is 11.4 Å². The smallest absolute Gasteiger partial charge is 0.246 e. The number of rotatable bonds is 5. The van der Waals surface area contributed by atoms with Crippen molar-refractivity contribution < 1.29 is 13.2 Å². The molecule has 0 saturated heterocycles. The van der Waals surface area contributed by atoms with E-state index in [9.17, 15) is 13.2 Å². The number of halogens is 1. The summed E-state index contributed by atoms with van der Waals surface area (Å²) in [5.41, 5.74) is 1.26. The van der Waals surface area contributed by atoms with E-state index in [1.54, 1.807) is 38.1 Å². The van der Waals surface area contributed by atoms with Crippen molar-refractivity contribution >= 4 is 33.2 Å². The van der Waals surface area contributed by atoms with Crippen molar-refractivity contribution in [2.45, 2.75) is 25.3 Å². The van der Waals surface area contributed by atoms with Gasteiger partial charge in [-0.3, -0.25) is 9.48 Å². The Bertz CT molecular complexity index is 875. The van der Waals surface area contributed by atoms with Gasteiger partial charge in [0.1, 0.15) is 11.4 Å². The molecule has 7 nitrogen and oxygen atoms in total. The summed E-state index contributed by atoms with van der Waals surface area (Å²) in [6.07, 6.45) is 0. The van der Waals surface area contributed by atoms with E-state index in [4.69, 9.17) is 11.6 Å². The van der Waals surface area contributed by atoms with Crippen LogP contribution in [0.15, 0.2) is 29.2 Å². The molecule has 2 aromatic rings. The van der Waals surface area contributed by atoms with E-state index in [1.807, 2.05) is 0 Å². The van der Waals surface area contributed by atoms with E-state index in [0.29, 0.717) is 22.1 Å². The van der Waals surface area contributed by atoms with E-state index < -0.39 is 10.0 Å². The van der Waals surface area contributed by atoms with Crippen LogP contribution in [-0.4, -0.2) is 42.5 Å². The lowest BCUT2D eigenvalue weighted by molar-refractivity contribution is -0.116. The molecule has 24 heavy (non-hydrogen) atoms. The fourth-order valence-corrected chi connectivity index (χ4v) is 3.72. The van der Waals surface area contributed by atoms with Crippen LogP contribution in [0.5, 0.6) is 0 Å². The van der Waals surface area contributed by atoms with Gasteiger partial charge in [0.25, 0.3) is 0 Å². The van der Waals surface area contributed by atoms with E-state index in [1.165, 1.54) is 18.8 Å². The molecule has 0 atom stereocenters. The summed E-state index contributed by atoms with van der Waals surface area (Å²) < 4.78 is 27.2. The van der Waals surface area contributed by atoms with Gasteiger partial charge in [0.05, 0.1) is 22.1 Å². The number of para-hydroxylation sites is 1. The third-order valence-electron chi connectivity index (χ3n) is 3.50. The quantitative estimate of drug-likeness (QED) is 0.872. The van der Waals surface area contributed by atoms with Gasteiger partial charge < -0.3 is 5.32 Å². The topological polar surface area (TPSA) is 84.3 Å². The molecular formula is C15H19ClN4O3S. The molecule has 1 aromatic carbocycles. The predicted octanol–water partition coefficient (Wildman–Crippen LogP) is 2.04. The zero-order valence-corrected chi connectivity index (χ0v) is 15.4. The van der Waals surface area contributed by atoms with Gasteiger partial charge in [-0.2, -0.15) is 5.10 Å². The fourth-order valence-electron chi connectivity index (χ4n) is 2.28. The molecule has 0 unspecified atom stereocenters. The molecule has 0 aliphatic rings. The number of sulfonamides is 1. The van der Waals surface area contributed by atoms with Crippen molar-refractivity contribution in [1.29, 1.82) is 0 Å². The van der Waals surface area contributed by atoms with E-state index in [-0.39, 0.29) is 17.3 Å². The maximum Gasteiger partial charge on any atom is 0.246 e.